The Morgan fingerprint density at radius 3 is 2.27 bits per heavy atom. The van der Waals surface area contributed by atoms with Crippen molar-refractivity contribution in [2.24, 2.45) is 0 Å². The molecule has 3 aromatic rings. The zero-order chi connectivity index (χ0) is 24.2. The summed E-state index contributed by atoms with van der Waals surface area (Å²) in [5.41, 5.74) is 2.39. The number of aromatic nitrogens is 2. The van der Waals surface area contributed by atoms with Gasteiger partial charge in [0.1, 0.15) is 13.6 Å². The normalized spacial score (nSPS) is 10.9. The van der Waals surface area contributed by atoms with Crippen LogP contribution in [0.15, 0.2) is 53.4 Å². The number of carbonyl (C=O) groups excluding carboxylic acids is 1. The Bertz CT molecular complexity index is 1290. The molecule has 1 aromatic heterocycles. The van der Waals surface area contributed by atoms with Gasteiger partial charge in [0.05, 0.1) is 17.6 Å². The van der Waals surface area contributed by atoms with Crippen molar-refractivity contribution in [3.63, 3.8) is 0 Å². The number of carbonyl (C=O) groups is 1. The molecule has 2 aromatic carbocycles. The SMILES string of the molecule is [B]c1ccc(OC)c(C(=O)NC(=S)Nc2ccc(S(=O)(=O)Nc3nc(C)cc(C)n3)cc2)c1. The summed E-state index contributed by atoms with van der Waals surface area (Å²) in [4.78, 5) is 20.7. The third-order valence-corrected chi connectivity index (χ3v) is 5.87. The molecule has 12 heteroatoms. The smallest absolute Gasteiger partial charge is 0.264 e. The third-order valence-electron chi connectivity index (χ3n) is 4.33. The van der Waals surface area contributed by atoms with Crippen molar-refractivity contribution in [3.8, 4) is 5.75 Å². The van der Waals surface area contributed by atoms with Crippen LogP contribution >= 0.6 is 12.2 Å². The summed E-state index contributed by atoms with van der Waals surface area (Å²) in [6, 6.07) is 12.2. The maximum Gasteiger partial charge on any atom is 0.264 e. The molecule has 0 atom stereocenters. The van der Waals surface area contributed by atoms with E-state index in [9.17, 15) is 13.2 Å². The number of hydrogen-bond donors (Lipinski definition) is 3. The summed E-state index contributed by atoms with van der Waals surface area (Å²) in [7, 11) is 3.29. The molecule has 0 fully saturated rings. The van der Waals surface area contributed by atoms with E-state index in [0.717, 1.165) is 0 Å². The molecule has 2 radical (unpaired) electrons. The van der Waals surface area contributed by atoms with Crippen LogP contribution in [0.2, 0.25) is 0 Å². The molecule has 0 spiro atoms. The molecule has 9 nitrogen and oxygen atoms in total. The standard InChI is InChI=1S/C21H20BN5O4S2/c1-12-10-13(2)24-20(23-12)27-33(29,30)16-7-5-15(6-8-16)25-21(32)26-19(28)17-11-14(22)4-9-18(17)31-3/h4-11H,1-3H3,(H,23,24,27)(H2,25,26,28,32). The van der Waals surface area contributed by atoms with Crippen molar-refractivity contribution in [1.29, 1.82) is 0 Å². The largest absolute Gasteiger partial charge is 0.496 e. The van der Waals surface area contributed by atoms with Gasteiger partial charge in [-0.25, -0.2) is 23.1 Å². The molecule has 1 amide bonds. The second-order valence-electron chi connectivity index (χ2n) is 6.97. The van der Waals surface area contributed by atoms with Gasteiger partial charge in [-0.15, -0.1) is 0 Å². The number of sulfonamides is 1. The van der Waals surface area contributed by atoms with Crippen LogP contribution in [0.4, 0.5) is 11.6 Å². The van der Waals surface area contributed by atoms with Gasteiger partial charge in [0, 0.05) is 17.1 Å². The van der Waals surface area contributed by atoms with Gasteiger partial charge in [-0.2, -0.15) is 0 Å². The second kappa shape index (κ2) is 9.96. The van der Waals surface area contributed by atoms with Crippen LogP contribution in [0.1, 0.15) is 21.7 Å². The summed E-state index contributed by atoms with van der Waals surface area (Å²) in [5, 5.41) is 5.37. The van der Waals surface area contributed by atoms with Gasteiger partial charge in [0.15, 0.2) is 5.11 Å². The van der Waals surface area contributed by atoms with Crippen LogP contribution in [0.25, 0.3) is 0 Å². The Hall–Kier alpha value is -3.51. The topological polar surface area (TPSA) is 122 Å². The number of benzene rings is 2. The Morgan fingerprint density at radius 1 is 1.03 bits per heavy atom. The Labute approximate surface area is 198 Å². The monoisotopic (exact) mass is 481 g/mol. The van der Waals surface area contributed by atoms with E-state index in [1.807, 2.05) is 0 Å². The van der Waals surface area contributed by atoms with Crippen molar-refractivity contribution in [1.82, 2.24) is 15.3 Å². The molecular weight excluding hydrogens is 461 g/mol. The van der Waals surface area contributed by atoms with Gasteiger partial charge in [-0.3, -0.25) is 10.1 Å². The lowest BCUT2D eigenvalue weighted by molar-refractivity contribution is 0.0975. The fraction of sp³-hybridized carbons (Fsp3) is 0.143. The van der Waals surface area contributed by atoms with E-state index in [4.69, 9.17) is 24.8 Å². The summed E-state index contributed by atoms with van der Waals surface area (Å²) in [6.07, 6.45) is 0. The minimum atomic E-state index is -3.89. The predicted molar refractivity (Wildman–Crippen MR) is 131 cm³/mol. The van der Waals surface area contributed by atoms with Crippen molar-refractivity contribution < 1.29 is 17.9 Å². The van der Waals surface area contributed by atoms with Crippen molar-refractivity contribution in [2.75, 3.05) is 17.1 Å². The van der Waals surface area contributed by atoms with E-state index >= 15 is 0 Å². The summed E-state index contributed by atoms with van der Waals surface area (Å²) in [5.74, 6) is -0.164. The number of rotatable bonds is 6. The van der Waals surface area contributed by atoms with Crippen molar-refractivity contribution in [3.05, 3.63) is 65.5 Å². The molecule has 0 unspecified atom stereocenters. The van der Waals surface area contributed by atoms with Gasteiger partial charge >= 0.3 is 0 Å². The molecule has 168 valence electrons. The molecule has 0 aliphatic heterocycles. The first-order chi connectivity index (χ1) is 15.6. The molecular formula is C21H20BN5O4S2. The highest BCUT2D eigenvalue weighted by Crippen LogP contribution is 2.18. The van der Waals surface area contributed by atoms with Crippen LogP contribution in [0.5, 0.6) is 5.75 Å². The minimum absolute atomic E-state index is 0.00410. The molecule has 0 saturated heterocycles. The number of thiocarbonyl (C=S) groups is 1. The third kappa shape index (κ3) is 6.27. The summed E-state index contributed by atoms with van der Waals surface area (Å²) < 4.78 is 32.8. The number of amides is 1. The van der Waals surface area contributed by atoms with Gasteiger partial charge in [-0.1, -0.05) is 17.6 Å². The number of ether oxygens (including phenoxy) is 1. The van der Waals surface area contributed by atoms with Gasteiger partial charge < -0.3 is 10.1 Å². The second-order valence-corrected chi connectivity index (χ2v) is 9.06. The summed E-state index contributed by atoms with van der Waals surface area (Å²) >= 11 is 5.18. The Kier molecular flexibility index (Phi) is 7.29. The van der Waals surface area contributed by atoms with E-state index in [2.05, 4.69) is 25.3 Å². The van der Waals surface area contributed by atoms with Crippen molar-refractivity contribution in [2.45, 2.75) is 18.7 Å². The first-order valence-electron chi connectivity index (χ1n) is 9.58. The van der Waals surface area contributed by atoms with Crippen LogP contribution in [0, 0.1) is 13.8 Å². The minimum Gasteiger partial charge on any atom is -0.496 e. The highest BCUT2D eigenvalue weighted by Gasteiger charge is 2.17. The molecule has 0 aliphatic carbocycles. The van der Waals surface area contributed by atoms with Crippen molar-refractivity contribution >= 4 is 58.2 Å². The highest BCUT2D eigenvalue weighted by molar-refractivity contribution is 7.92. The first kappa shape index (κ1) is 24.1. The lowest BCUT2D eigenvalue weighted by Crippen LogP contribution is -2.34. The molecule has 0 aliphatic rings. The molecule has 3 N–H and O–H groups in total. The highest BCUT2D eigenvalue weighted by atomic mass is 32.2. The van der Waals surface area contributed by atoms with E-state index < -0.39 is 15.9 Å². The van der Waals surface area contributed by atoms with E-state index in [0.29, 0.717) is 28.3 Å². The molecule has 1 heterocycles. The Morgan fingerprint density at radius 2 is 1.67 bits per heavy atom. The number of nitrogens with zero attached hydrogens (tertiary/aromatic N) is 2. The first-order valence-corrected chi connectivity index (χ1v) is 11.5. The zero-order valence-electron chi connectivity index (χ0n) is 18.0. The van der Waals surface area contributed by atoms with Crippen LogP contribution in [-0.2, 0) is 10.0 Å². The number of methoxy groups -OCH3 is 1. The zero-order valence-corrected chi connectivity index (χ0v) is 19.7. The lowest BCUT2D eigenvalue weighted by atomic mass is 9.94. The number of hydrogen-bond acceptors (Lipinski definition) is 7. The fourth-order valence-corrected chi connectivity index (χ4v) is 4.06. The van der Waals surface area contributed by atoms with Gasteiger partial charge in [0.2, 0.25) is 5.95 Å². The number of aryl methyl sites for hydroxylation is 2. The van der Waals surface area contributed by atoms with E-state index in [-0.39, 0.29) is 21.5 Å². The fourth-order valence-electron chi connectivity index (χ4n) is 2.90. The molecule has 0 saturated carbocycles. The van der Waals surface area contributed by atoms with Crippen LogP contribution in [0.3, 0.4) is 0 Å². The Balaban J connectivity index is 1.67. The number of anilines is 2. The van der Waals surface area contributed by atoms with E-state index in [1.165, 1.54) is 37.4 Å². The predicted octanol–water partition coefficient (Wildman–Crippen LogP) is 1.82. The van der Waals surface area contributed by atoms with Gasteiger partial charge in [-0.05, 0) is 62.5 Å². The molecule has 3 rings (SSSR count). The van der Waals surface area contributed by atoms with Crippen LogP contribution in [-0.4, -0.2) is 44.4 Å². The average molecular weight is 481 g/mol. The summed E-state index contributed by atoms with van der Waals surface area (Å²) in [6.45, 7) is 3.49. The van der Waals surface area contributed by atoms with E-state index in [1.54, 1.807) is 32.0 Å². The molecule has 0 bridgehead atoms. The maximum absolute atomic E-state index is 12.6. The molecule has 33 heavy (non-hydrogen) atoms. The average Bonchev–Trinajstić information content (AvgIpc) is 2.73. The van der Waals surface area contributed by atoms with Gasteiger partial charge in [0.25, 0.3) is 15.9 Å². The maximum atomic E-state index is 12.6. The van der Waals surface area contributed by atoms with Crippen LogP contribution < -0.4 is 25.6 Å². The quantitative estimate of drug-likeness (QED) is 0.360. The number of nitrogens with one attached hydrogen (secondary N) is 3. The lowest BCUT2D eigenvalue weighted by Gasteiger charge is -2.13.